The number of aromatic nitrogens is 3. The van der Waals surface area contributed by atoms with Gasteiger partial charge < -0.3 is 15.4 Å². The number of fused-ring (bicyclic) bond motifs is 3. The van der Waals surface area contributed by atoms with Crippen LogP contribution in [0.25, 0.3) is 32.1 Å². The highest BCUT2D eigenvalue weighted by atomic mass is 32.1. The molecule has 5 aromatic rings. The van der Waals surface area contributed by atoms with Gasteiger partial charge in [-0.2, -0.15) is 28.4 Å². The molecule has 2 aliphatic heterocycles. The van der Waals surface area contributed by atoms with Crippen molar-refractivity contribution < 1.29 is 31.1 Å². The van der Waals surface area contributed by atoms with E-state index in [-0.39, 0.29) is 76.1 Å². The highest BCUT2D eigenvalue weighted by Gasteiger charge is 2.49. The summed E-state index contributed by atoms with van der Waals surface area (Å²) in [6.45, 7) is 3.16. The lowest BCUT2D eigenvalue weighted by Gasteiger charge is -2.31. The molecular weight excluding hydrogens is 668 g/mol. The third-order valence-corrected chi connectivity index (χ3v) is 10.4. The van der Waals surface area contributed by atoms with Gasteiger partial charge in [-0.3, -0.25) is 9.88 Å². The molecule has 5 heterocycles. The van der Waals surface area contributed by atoms with Crippen LogP contribution in [0.15, 0.2) is 42.7 Å². The predicted molar refractivity (Wildman–Crippen MR) is 174 cm³/mol. The first kappa shape index (κ1) is 32.8. The Labute approximate surface area is 280 Å². The van der Waals surface area contributed by atoms with Gasteiger partial charge in [0.15, 0.2) is 5.82 Å². The van der Waals surface area contributed by atoms with Crippen molar-refractivity contribution in [3.63, 3.8) is 0 Å². The molecule has 2 atom stereocenters. The lowest BCUT2D eigenvalue weighted by molar-refractivity contribution is -0.137. The number of benzene rings is 2. The topological polar surface area (TPSA) is 104 Å². The van der Waals surface area contributed by atoms with Crippen molar-refractivity contribution >= 4 is 43.1 Å². The molecule has 0 radical (unpaired) electrons. The van der Waals surface area contributed by atoms with E-state index in [1.165, 1.54) is 0 Å². The number of thiophene rings is 1. The largest absolute Gasteiger partial charge is 0.461 e. The summed E-state index contributed by atoms with van der Waals surface area (Å²) >= 11 is 0.688. The molecule has 0 aliphatic carbocycles. The van der Waals surface area contributed by atoms with Gasteiger partial charge in [-0.15, -0.1) is 11.3 Å². The van der Waals surface area contributed by atoms with E-state index in [1.54, 1.807) is 36.4 Å². The summed E-state index contributed by atoms with van der Waals surface area (Å²) in [5, 5.41) is 9.24. The fourth-order valence-corrected chi connectivity index (χ4v) is 8.14. The van der Waals surface area contributed by atoms with Crippen molar-refractivity contribution in [2.45, 2.75) is 50.6 Å². The maximum atomic E-state index is 17.0. The standard InChI is InChI=1S/C34H29F6N7OS/c1-2-46(15-18-5-3-9-43-14-18)31-21-11-23(34(38,39)40)26(20-6-7-24(36)29-25(20)22(13-41)30(42)49-29)27(37)28(21)44-32(45-31)48-17-33-8-4-10-47(33)16-19(35)12-33/h3,5-7,9,11,14,19H,2,4,8,10,12,15-17,42H2,1H3. The predicted octanol–water partition coefficient (Wildman–Crippen LogP) is 7.64. The van der Waals surface area contributed by atoms with Crippen LogP contribution in [-0.4, -0.2) is 57.8 Å². The van der Waals surface area contributed by atoms with Crippen LogP contribution < -0.4 is 15.4 Å². The number of rotatable bonds is 8. The zero-order chi connectivity index (χ0) is 34.7. The summed E-state index contributed by atoms with van der Waals surface area (Å²) in [5.41, 5.74) is 2.70. The summed E-state index contributed by atoms with van der Waals surface area (Å²) in [6.07, 6.45) is -1.18. The second-order valence-electron chi connectivity index (χ2n) is 12.3. The molecular formula is C34H29F6N7OS. The Kier molecular flexibility index (Phi) is 8.27. The third kappa shape index (κ3) is 5.66. The van der Waals surface area contributed by atoms with Gasteiger partial charge in [-0.05, 0) is 55.6 Å². The molecule has 49 heavy (non-hydrogen) atoms. The Morgan fingerprint density at radius 1 is 1.22 bits per heavy atom. The molecule has 7 rings (SSSR count). The molecule has 2 aromatic carbocycles. The van der Waals surface area contributed by atoms with Crippen LogP contribution in [0.2, 0.25) is 0 Å². The van der Waals surface area contributed by atoms with Crippen LogP contribution in [0, 0.1) is 23.0 Å². The number of nitriles is 1. The minimum Gasteiger partial charge on any atom is -0.461 e. The summed E-state index contributed by atoms with van der Waals surface area (Å²) in [4.78, 5) is 16.7. The number of nitrogens with two attached hydrogens (primary N) is 1. The third-order valence-electron chi connectivity index (χ3n) is 9.40. The summed E-state index contributed by atoms with van der Waals surface area (Å²) in [6, 6.07) is 7.73. The number of alkyl halides is 4. The number of nitrogen functional groups attached to an aromatic ring is 1. The van der Waals surface area contributed by atoms with E-state index >= 15 is 4.39 Å². The van der Waals surface area contributed by atoms with E-state index < -0.39 is 46.2 Å². The maximum Gasteiger partial charge on any atom is 0.417 e. The lowest BCUT2D eigenvalue weighted by Crippen LogP contribution is -2.43. The number of hydrogen-bond donors (Lipinski definition) is 1. The van der Waals surface area contributed by atoms with Crippen molar-refractivity contribution in [3.05, 3.63) is 71.1 Å². The number of halogens is 6. The summed E-state index contributed by atoms with van der Waals surface area (Å²) < 4.78 is 97.2. The van der Waals surface area contributed by atoms with Gasteiger partial charge in [0.2, 0.25) is 0 Å². The van der Waals surface area contributed by atoms with Gasteiger partial charge in [-0.1, -0.05) is 12.1 Å². The van der Waals surface area contributed by atoms with Gasteiger partial charge in [0.05, 0.1) is 21.4 Å². The van der Waals surface area contributed by atoms with Gasteiger partial charge >= 0.3 is 12.2 Å². The molecule has 0 bridgehead atoms. The first-order valence-corrected chi connectivity index (χ1v) is 16.4. The van der Waals surface area contributed by atoms with Crippen LogP contribution in [0.4, 0.5) is 37.2 Å². The Balaban J connectivity index is 1.47. The van der Waals surface area contributed by atoms with Crippen molar-refractivity contribution in [1.82, 2.24) is 19.9 Å². The highest BCUT2D eigenvalue weighted by Crippen LogP contribution is 2.48. The molecule has 0 spiro atoms. The van der Waals surface area contributed by atoms with Crippen LogP contribution in [0.1, 0.15) is 42.9 Å². The van der Waals surface area contributed by atoms with Crippen molar-refractivity contribution in [1.29, 1.82) is 5.26 Å². The maximum absolute atomic E-state index is 17.0. The van der Waals surface area contributed by atoms with E-state index in [1.807, 2.05) is 11.0 Å². The Morgan fingerprint density at radius 3 is 2.76 bits per heavy atom. The Morgan fingerprint density at radius 2 is 2.04 bits per heavy atom. The number of pyridine rings is 1. The fourth-order valence-electron chi connectivity index (χ4n) is 7.19. The SMILES string of the molecule is CCN(Cc1cccnc1)c1nc(OCC23CCCN2CC(F)C3)nc2c(F)c(-c3ccc(F)c4sc(N)c(C#N)c34)c(C(F)(F)F)cc12. The first-order chi connectivity index (χ1) is 23.4. The molecule has 2 aliphatic rings. The average molecular weight is 698 g/mol. The monoisotopic (exact) mass is 697 g/mol. The van der Waals surface area contributed by atoms with Gasteiger partial charge in [0.1, 0.15) is 41.0 Å². The molecule has 2 fully saturated rings. The zero-order valence-corrected chi connectivity index (χ0v) is 26.9. The quantitative estimate of drug-likeness (QED) is 0.165. The van der Waals surface area contributed by atoms with Crippen LogP contribution in [0.3, 0.4) is 0 Å². The van der Waals surface area contributed by atoms with Gasteiger partial charge in [0, 0.05) is 54.8 Å². The van der Waals surface area contributed by atoms with Crippen molar-refractivity contribution in [3.8, 4) is 23.2 Å². The molecule has 3 aromatic heterocycles. The van der Waals surface area contributed by atoms with Crippen molar-refractivity contribution in [2.24, 2.45) is 0 Å². The minimum absolute atomic E-state index is 0.000498. The smallest absolute Gasteiger partial charge is 0.417 e. The van der Waals surface area contributed by atoms with E-state index in [0.29, 0.717) is 24.3 Å². The normalized spacial score (nSPS) is 19.4. The average Bonchev–Trinajstić information content (AvgIpc) is 3.72. The molecule has 2 unspecified atom stereocenters. The van der Waals surface area contributed by atoms with E-state index in [4.69, 9.17) is 10.5 Å². The first-order valence-electron chi connectivity index (χ1n) is 15.6. The van der Waals surface area contributed by atoms with Gasteiger partial charge in [-0.25, -0.2) is 13.2 Å². The number of nitrogens with zero attached hydrogens (tertiary/aromatic N) is 6. The zero-order valence-electron chi connectivity index (χ0n) is 26.1. The summed E-state index contributed by atoms with van der Waals surface area (Å²) in [7, 11) is 0. The summed E-state index contributed by atoms with van der Waals surface area (Å²) in [5.74, 6) is -2.19. The highest BCUT2D eigenvalue weighted by molar-refractivity contribution is 7.23. The molecule has 0 amide bonds. The lowest BCUT2D eigenvalue weighted by atomic mass is 9.92. The van der Waals surface area contributed by atoms with Crippen molar-refractivity contribution in [2.75, 3.05) is 36.9 Å². The molecule has 2 saturated heterocycles. The number of hydrogen-bond acceptors (Lipinski definition) is 9. The minimum atomic E-state index is -5.09. The van der Waals surface area contributed by atoms with E-state index in [2.05, 4.69) is 15.0 Å². The second kappa shape index (κ2) is 12.3. The Bertz CT molecular complexity index is 2120. The van der Waals surface area contributed by atoms with Crippen LogP contribution >= 0.6 is 11.3 Å². The molecule has 2 N–H and O–H groups in total. The molecule has 0 saturated carbocycles. The fraction of sp³-hybridized carbons (Fsp3) is 0.353. The second-order valence-corrected chi connectivity index (χ2v) is 13.4. The molecule has 254 valence electrons. The van der Waals surface area contributed by atoms with Crippen LogP contribution in [-0.2, 0) is 12.7 Å². The number of ether oxygens (including phenoxy) is 1. The Hall–Kier alpha value is -4.68. The molecule has 8 nitrogen and oxygen atoms in total. The van der Waals surface area contributed by atoms with Crippen LogP contribution in [0.5, 0.6) is 6.01 Å². The van der Waals surface area contributed by atoms with E-state index in [0.717, 1.165) is 30.2 Å². The van der Waals surface area contributed by atoms with Gasteiger partial charge in [0.25, 0.3) is 0 Å². The number of anilines is 2. The molecule has 15 heteroatoms. The van der Waals surface area contributed by atoms with E-state index in [9.17, 15) is 27.2 Å².